The molecule has 0 aromatic rings. The molecule has 0 bridgehead atoms. The van der Waals surface area contributed by atoms with E-state index < -0.39 is 0 Å². The highest BCUT2D eigenvalue weighted by molar-refractivity contribution is 5.06. The second-order valence-corrected chi connectivity index (χ2v) is 4.49. The fraction of sp³-hybridized carbons (Fsp3) is 0.800. The van der Waals surface area contributed by atoms with Crippen molar-refractivity contribution in [2.24, 2.45) is 11.7 Å². The smallest absolute Gasteiger partial charge is 0.0229 e. The lowest BCUT2D eigenvalue weighted by atomic mass is 10.1. The molecule has 2 rings (SSSR count). The molecule has 0 aromatic heterocycles. The van der Waals surface area contributed by atoms with Gasteiger partial charge in [-0.3, -0.25) is 0 Å². The lowest BCUT2D eigenvalue weighted by Crippen LogP contribution is -2.32. The van der Waals surface area contributed by atoms with E-state index in [1.165, 1.54) is 12.8 Å². The summed E-state index contributed by atoms with van der Waals surface area (Å²) >= 11 is 0. The monoisotopic (exact) mass is 166 g/mol. The average molecular weight is 166 g/mol. The quantitative estimate of drug-likeness (QED) is 0.615. The van der Waals surface area contributed by atoms with Crippen molar-refractivity contribution < 1.29 is 0 Å². The van der Waals surface area contributed by atoms with E-state index >= 15 is 0 Å². The molecule has 1 fully saturated rings. The van der Waals surface area contributed by atoms with Crippen molar-refractivity contribution in [3.8, 4) is 0 Å². The molecule has 1 saturated carbocycles. The normalized spacial score (nSPS) is 37.2. The zero-order valence-electron chi connectivity index (χ0n) is 7.72. The van der Waals surface area contributed by atoms with Crippen molar-refractivity contribution in [3.05, 3.63) is 12.2 Å². The highest BCUT2D eigenvalue weighted by atomic mass is 15.0. The molecule has 2 unspecified atom stereocenters. The lowest BCUT2D eigenvalue weighted by molar-refractivity contribution is 0.465. The molecule has 0 amide bonds. The Kier molecular flexibility index (Phi) is 1.97. The summed E-state index contributed by atoms with van der Waals surface area (Å²) in [6, 6.07) is 0.309. The van der Waals surface area contributed by atoms with Gasteiger partial charge in [0.05, 0.1) is 0 Å². The molecule has 2 aliphatic rings. The first-order chi connectivity index (χ1) is 5.68. The molecular weight excluding hydrogens is 148 g/mol. The van der Waals surface area contributed by atoms with E-state index in [4.69, 9.17) is 5.73 Å². The van der Waals surface area contributed by atoms with Crippen LogP contribution in [0.2, 0.25) is 0 Å². The summed E-state index contributed by atoms with van der Waals surface area (Å²) in [6.07, 6.45) is 8.19. The third kappa shape index (κ3) is 1.87. The fourth-order valence-electron chi connectivity index (χ4n) is 1.70. The predicted molar refractivity (Wildman–Crippen MR) is 50.9 cm³/mol. The van der Waals surface area contributed by atoms with Crippen LogP contribution >= 0.6 is 0 Å². The third-order valence-electron chi connectivity index (χ3n) is 3.00. The molecule has 68 valence electrons. The Bertz CT molecular complexity index is 194. The summed E-state index contributed by atoms with van der Waals surface area (Å²) in [5.41, 5.74) is 6.24. The zero-order valence-corrected chi connectivity index (χ0v) is 7.72. The van der Waals surface area contributed by atoms with E-state index in [-0.39, 0.29) is 0 Å². The van der Waals surface area contributed by atoms with Gasteiger partial charge in [-0.25, -0.2) is 0 Å². The van der Waals surface area contributed by atoms with E-state index in [0.29, 0.717) is 17.5 Å². The molecule has 3 N–H and O–H groups in total. The van der Waals surface area contributed by atoms with Crippen LogP contribution in [0, 0.1) is 5.92 Å². The molecule has 0 aromatic carbocycles. The first-order valence-electron chi connectivity index (χ1n) is 4.87. The Balaban J connectivity index is 1.71. The van der Waals surface area contributed by atoms with Gasteiger partial charge in [0, 0.05) is 18.1 Å². The van der Waals surface area contributed by atoms with Gasteiger partial charge < -0.3 is 11.1 Å². The summed E-state index contributed by atoms with van der Waals surface area (Å²) < 4.78 is 0. The maximum atomic E-state index is 5.77. The molecule has 2 nitrogen and oxygen atoms in total. The van der Waals surface area contributed by atoms with Crippen LogP contribution in [0.3, 0.4) is 0 Å². The van der Waals surface area contributed by atoms with E-state index in [1.807, 2.05) is 0 Å². The summed E-state index contributed by atoms with van der Waals surface area (Å²) in [5, 5.41) is 3.59. The Morgan fingerprint density at radius 2 is 2.25 bits per heavy atom. The molecular formula is C10H18N2. The van der Waals surface area contributed by atoms with Crippen molar-refractivity contribution in [2.45, 2.75) is 37.8 Å². The van der Waals surface area contributed by atoms with Crippen molar-refractivity contribution in [1.29, 1.82) is 0 Å². The second-order valence-electron chi connectivity index (χ2n) is 4.49. The van der Waals surface area contributed by atoms with E-state index in [0.717, 1.165) is 13.0 Å². The molecule has 12 heavy (non-hydrogen) atoms. The van der Waals surface area contributed by atoms with Gasteiger partial charge >= 0.3 is 0 Å². The molecule has 2 heteroatoms. The van der Waals surface area contributed by atoms with Crippen molar-refractivity contribution in [3.63, 3.8) is 0 Å². The van der Waals surface area contributed by atoms with Crippen LogP contribution in [0.1, 0.15) is 26.2 Å². The van der Waals surface area contributed by atoms with E-state index in [2.05, 4.69) is 24.4 Å². The molecule has 0 aliphatic heterocycles. The minimum Gasteiger partial charge on any atom is -0.324 e. The molecule has 0 heterocycles. The Morgan fingerprint density at radius 1 is 1.50 bits per heavy atom. The van der Waals surface area contributed by atoms with Crippen LogP contribution < -0.4 is 11.1 Å². The minimum absolute atomic E-state index is 0.309. The van der Waals surface area contributed by atoms with Crippen LogP contribution in [-0.4, -0.2) is 18.1 Å². The molecule has 0 saturated heterocycles. The first kappa shape index (κ1) is 8.27. The standard InChI is InChI=1S/C10H18N2/c1-10(4-5-10)12-7-8-2-3-9(11)6-8/h2-3,8-9,12H,4-7,11H2,1H3. The molecule has 2 aliphatic carbocycles. The number of nitrogens with two attached hydrogens (primary N) is 1. The van der Waals surface area contributed by atoms with Crippen molar-refractivity contribution >= 4 is 0 Å². The van der Waals surface area contributed by atoms with Gasteiger partial charge in [0.1, 0.15) is 0 Å². The second kappa shape index (κ2) is 2.86. The summed E-state index contributed by atoms with van der Waals surface area (Å²) in [7, 11) is 0. The van der Waals surface area contributed by atoms with Gasteiger partial charge in [0.2, 0.25) is 0 Å². The van der Waals surface area contributed by atoms with Gasteiger partial charge in [0.15, 0.2) is 0 Å². The molecule has 2 atom stereocenters. The summed E-state index contributed by atoms with van der Waals surface area (Å²) in [6.45, 7) is 3.41. The Hall–Kier alpha value is -0.340. The number of rotatable bonds is 3. The summed E-state index contributed by atoms with van der Waals surface area (Å²) in [5.74, 6) is 0.678. The van der Waals surface area contributed by atoms with Gasteiger partial charge in [-0.15, -0.1) is 0 Å². The average Bonchev–Trinajstić information content (AvgIpc) is 2.60. The van der Waals surface area contributed by atoms with E-state index in [1.54, 1.807) is 0 Å². The van der Waals surface area contributed by atoms with Gasteiger partial charge in [0.25, 0.3) is 0 Å². The largest absolute Gasteiger partial charge is 0.324 e. The van der Waals surface area contributed by atoms with Crippen molar-refractivity contribution in [1.82, 2.24) is 5.32 Å². The number of hydrogen-bond acceptors (Lipinski definition) is 2. The van der Waals surface area contributed by atoms with Gasteiger partial charge in [-0.1, -0.05) is 12.2 Å². The topological polar surface area (TPSA) is 38.0 Å². The van der Waals surface area contributed by atoms with Gasteiger partial charge in [-0.2, -0.15) is 0 Å². The summed E-state index contributed by atoms with van der Waals surface area (Å²) in [4.78, 5) is 0. The highest BCUT2D eigenvalue weighted by Gasteiger charge is 2.36. The van der Waals surface area contributed by atoms with E-state index in [9.17, 15) is 0 Å². The third-order valence-corrected chi connectivity index (χ3v) is 3.00. The number of hydrogen-bond donors (Lipinski definition) is 2. The lowest BCUT2D eigenvalue weighted by Gasteiger charge is -2.15. The van der Waals surface area contributed by atoms with Crippen molar-refractivity contribution in [2.75, 3.05) is 6.54 Å². The van der Waals surface area contributed by atoms with Crippen LogP contribution in [0.5, 0.6) is 0 Å². The van der Waals surface area contributed by atoms with Crippen LogP contribution in [-0.2, 0) is 0 Å². The molecule has 0 spiro atoms. The first-order valence-corrected chi connectivity index (χ1v) is 4.87. The van der Waals surface area contributed by atoms with Gasteiger partial charge in [-0.05, 0) is 32.1 Å². The maximum absolute atomic E-state index is 5.77. The maximum Gasteiger partial charge on any atom is 0.0229 e. The highest BCUT2D eigenvalue weighted by Crippen LogP contribution is 2.34. The SMILES string of the molecule is CC1(NCC2C=CC(N)C2)CC1. The minimum atomic E-state index is 0.309. The number of nitrogens with one attached hydrogen (secondary N) is 1. The zero-order chi connectivity index (χ0) is 8.60. The van der Waals surface area contributed by atoms with Crippen LogP contribution in [0.15, 0.2) is 12.2 Å². The van der Waals surface area contributed by atoms with Crippen LogP contribution in [0.4, 0.5) is 0 Å². The Morgan fingerprint density at radius 3 is 2.75 bits per heavy atom. The predicted octanol–water partition coefficient (Wildman–Crippen LogP) is 1.03. The van der Waals surface area contributed by atoms with Crippen LogP contribution in [0.25, 0.3) is 0 Å². The molecule has 0 radical (unpaired) electrons. The Labute approximate surface area is 74.2 Å². The fourth-order valence-corrected chi connectivity index (χ4v) is 1.70.